The predicted octanol–water partition coefficient (Wildman–Crippen LogP) is 5.01. The van der Waals surface area contributed by atoms with Crippen molar-refractivity contribution in [3.05, 3.63) is 60.2 Å². The van der Waals surface area contributed by atoms with Crippen molar-refractivity contribution in [3.8, 4) is 11.1 Å². The Balaban J connectivity index is 1.70. The molecule has 0 aromatic heterocycles. The molecular formula is C25H34N2O. The van der Waals surface area contributed by atoms with Crippen LogP contribution in [0.25, 0.3) is 11.1 Å². The monoisotopic (exact) mass is 378 g/mol. The lowest BCUT2D eigenvalue weighted by atomic mass is 9.74. The Morgan fingerprint density at radius 3 is 2.00 bits per heavy atom. The summed E-state index contributed by atoms with van der Waals surface area (Å²) in [6.07, 6.45) is 2.65. The predicted molar refractivity (Wildman–Crippen MR) is 117 cm³/mol. The molecule has 1 aliphatic heterocycles. The maximum atomic E-state index is 12.8. The van der Waals surface area contributed by atoms with Gasteiger partial charge in [-0.05, 0) is 69.3 Å². The molecule has 0 aliphatic carbocycles. The minimum Gasteiger partial charge on any atom is -0.324 e. The third-order valence-electron chi connectivity index (χ3n) is 6.74. The van der Waals surface area contributed by atoms with Crippen LogP contribution in [0.1, 0.15) is 58.4 Å². The number of nitrogens with two attached hydrogens (primary N) is 1. The maximum absolute atomic E-state index is 12.8. The van der Waals surface area contributed by atoms with Crippen LogP contribution >= 0.6 is 0 Å². The summed E-state index contributed by atoms with van der Waals surface area (Å²) in [5.74, 6) is 0.786. The highest BCUT2D eigenvalue weighted by Crippen LogP contribution is 2.36. The molecule has 3 heteroatoms. The normalized spacial score (nSPS) is 18.6. The van der Waals surface area contributed by atoms with Crippen molar-refractivity contribution in [2.24, 2.45) is 5.73 Å². The van der Waals surface area contributed by atoms with Crippen LogP contribution in [0.2, 0.25) is 0 Å². The number of nitrogens with zero attached hydrogens (tertiary/aromatic N) is 1. The topological polar surface area (TPSA) is 46.3 Å². The highest BCUT2D eigenvalue weighted by Gasteiger charge is 2.48. The van der Waals surface area contributed by atoms with Gasteiger partial charge >= 0.3 is 0 Å². The zero-order valence-electron chi connectivity index (χ0n) is 17.7. The van der Waals surface area contributed by atoms with Gasteiger partial charge in [-0.25, -0.2) is 0 Å². The quantitative estimate of drug-likeness (QED) is 0.769. The van der Waals surface area contributed by atoms with E-state index in [4.69, 9.17) is 5.73 Å². The number of rotatable bonds is 6. The Morgan fingerprint density at radius 1 is 0.964 bits per heavy atom. The van der Waals surface area contributed by atoms with E-state index in [1.807, 2.05) is 33.8 Å². The van der Waals surface area contributed by atoms with Gasteiger partial charge in [0.15, 0.2) is 5.78 Å². The van der Waals surface area contributed by atoms with Crippen molar-refractivity contribution in [1.29, 1.82) is 0 Å². The molecule has 0 bridgehead atoms. The average Bonchev–Trinajstić information content (AvgIpc) is 2.72. The first-order valence-corrected chi connectivity index (χ1v) is 10.5. The molecule has 1 saturated heterocycles. The van der Waals surface area contributed by atoms with Crippen molar-refractivity contribution >= 4 is 5.78 Å². The van der Waals surface area contributed by atoms with Crippen molar-refractivity contribution < 1.29 is 4.79 Å². The molecule has 0 amide bonds. The molecule has 0 spiro atoms. The van der Waals surface area contributed by atoms with E-state index in [0.717, 1.165) is 25.9 Å². The number of Topliss-reactive ketones (excluding diaryl/α,β-unsaturated/α-hetero) is 1. The lowest BCUT2D eigenvalue weighted by Crippen LogP contribution is -2.69. The molecule has 3 nitrogen and oxygen atoms in total. The van der Waals surface area contributed by atoms with Gasteiger partial charge in [0.25, 0.3) is 0 Å². The summed E-state index contributed by atoms with van der Waals surface area (Å²) in [5, 5.41) is 0. The van der Waals surface area contributed by atoms with E-state index in [2.05, 4.69) is 53.4 Å². The first-order chi connectivity index (χ1) is 13.3. The number of carbonyl (C=O) groups excluding carboxylic acids is 1. The Morgan fingerprint density at radius 2 is 1.50 bits per heavy atom. The van der Waals surface area contributed by atoms with Gasteiger partial charge in [-0.2, -0.15) is 0 Å². The molecule has 1 atom stereocenters. The largest absolute Gasteiger partial charge is 0.324 e. The molecule has 1 heterocycles. The van der Waals surface area contributed by atoms with E-state index >= 15 is 0 Å². The summed E-state index contributed by atoms with van der Waals surface area (Å²) in [5.41, 5.74) is 9.21. The third kappa shape index (κ3) is 3.92. The Hall–Kier alpha value is -1.97. The first kappa shape index (κ1) is 20.8. The zero-order valence-corrected chi connectivity index (χ0v) is 17.7. The molecule has 28 heavy (non-hydrogen) atoms. The standard InChI is InChI=1S/C25H34N2O/c1-5-23(28)25(4,24(2,3)26)27-17-15-22(16-18-27)21-13-11-20(12-14-21)19-9-7-6-8-10-19/h6-14,22H,5,15-18,26H2,1-4H3. The van der Waals surface area contributed by atoms with Gasteiger partial charge in [0.1, 0.15) is 0 Å². The first-order valence-electron chi connectivity index (χ1n) is 10.5. The van der Waals surface area contributed by atoms with Gasteiger partial charge in [0, 0.05) is 12.0 Å². The fraction of sp³-hybridized carbons (Fsp3) is 0.480. The fourth-order valence-corrected chi connectivity index (χ4v) is 4.53. The summed E-state index contributed by atoms with van der Waals surface area (Å²) in [6, 6.07) is 19.5. The third-order valence-corrected chi connectivity index (χ3v) is 6.74. The van der Waals surface area contributed by atoms with E-state index in [1.165, 1.54) is 16.7 Å². The SMILES string of the molecule is CCC(=O)C(C)(N1CCC(c2ccc(-c3ccccc3)cc2)CC1)C(C)(C)N. The summed E-state index contributed by atoms with van der Waals surface area (Å²) in [4.78, 5) is 15.1. The number of hydrogen-bond acceptors (Lipinski definition) is 3. The van der Waals surface area contributed by atoms with Gasteiger partial charge in [0.05, 0.1) is 5.54 Å². The number of piperidine rings is 1. The number of ketones is 1. The van der Waals surface area contributed by atoms with E-state index in [0.29, 0.717) is 12.3 Å². The van der Waals surface area contributed by atoms with Crippen LogP contribution in [0.3, 0.4) is 0 Å². The average molecular weight is 379 g/mol. The molecule has 2 aromatic rings. The van der Waals surface area contributed by atoms with Crippen LogP contribution in [0.5, 0.6) is 0 Å². The van der Waals surface area contributed by atoms with Crippen LogP contribution in [0.4, 0.5) is 0 Å². The summed E-state index contributed by atoms with van der Waals surface area (Å²) >= 11 is 0. The number of likely N-dealkylation sites (tertiary alicyclic amines) is 1. The van der Waals surface area contributed by atoms with Gasteiger partial charge in [0.2, 0.25) is 0 Å². The second kappa shape index (κ2) is 8.18. The molecule has 3 rings (SSSR count). The van der Waals surface area contributed by atoms with E-state index in [1.54, 1.807) is 0 Å². The van der Waals surface area contributed by atoms with Crippen LogP contribution in [-0.2, 0) is 4.79 Å². The maximum Gasteiger partial charge on any atom is 0.154 e. The van der Waals surface area contributed by atoms with Gasteiger partial charge < -0.3 is 5.73 Å². The minimum absolute atomic E-state index is 0.241. The highest BCUT2D eigenvalue weighted by atomic mass is 16.1. The van der Waals surface area contributed by atoms with Crippen molar-refractivity contribution in [2.75, 3.05) is 13.1 Å². The van der Waals surface area contributed by atoms with Crippen molar-refractivity contribution in [1.82, 2.24) is 4.90 Å². The zero-order chi connectivity index (χ0) is 20.4. The molecule has 1 fully saturated rings. The van der Waals surface area contributed by atoms with Crippen LogP contribution in [0, 0.1) is 0 Å². The molecule has 2 N–H and O–H groups in total. The van der Waals surface area contributed by atoms with Crippen molar-refractivity contribution in [3.63, 3.8) is 0 Å². The van der Waals surface area contributed by atoms with E-state index in [9.17, 15) is 4.79 Å². The van der Waals surface area contributed by atoms with Crippen LogP contribution < -0.4 is 5.73 Å². The number of hydrogen-bond donors (Lipinski definition) is 1. The summed E-state index contributed by atoms with van der Waals surface area (Å²) in [7, 11) is 0. The molecule has 0 saturated carbocycles. The lowest BCUT2D eigenvalue weighted by Gasteiger charge is -2.50. The second-order valence-corrected chi connectivity index (χ2v) is 8.82. The van der Waals surface area contributed by atoms with E-state index in [-0.39, 0.29) is 5.78 Å². The smallest absolute Gasteiger partial charge is 0.154 e. The molecule has 0 radical (unpaired) electrons. The molecular weight excluding hydrogens is 344 g/mol. The Kier molecular flexibility index (Phi) is 6.07. The highest BCUT2D eigenvalue weighted by molar-refractivity contribution is 5.89. The van der Waals surface area contributed by atoms with Crippen molar-refractivity contribution in [2.45, 2.75) is 64.0 Å². The Bertz CT molecular complexity index is 784. The fourth-order valence-electron chi connectivity index (χ4n) is 4.53. The molecule has 1 aliphatic rings. The molecule has 2 aromatic carbocycles. The van der Waals surface area contributed by atoms with Gasteiger partial charge in [-0.3, -0.25) is 9.69 Å². The summed E-state index contributed by atoms with van der Waals surface area (Å²) < 4.78 is 0. The van der Waals surface area contributed by atoms with Gasteiger partial charge in [-0.1, -0.05) is 61.5 Å². The van der Waals surface area contributed by atoms with Crippen LogP contribution in [-0.4, -0.2) is 34.9 Å². The van der Waals surface area contributed by atoms with E-state index < -0.39 is 11.1 Å². The minimum atomic E-state index is -0.607. The number of benzene rings is 2. The lowest BCUT2D eigenvalue weighted by molar-refractivity contribution is -0.135. The summed E-state index contributed by atoms with van der Waals surface area (Å²) in [6.45, 7) is 9.76. The second-order valence-electron chi connectivity index (χ2n) is 8.82. The number of carbonyl (C=O) groups is 1. The Labute approximate surface area is 169 Å². The van der Waals surface area contributed by atoms with Gasteiger partial charge in [-0.15, -0.1) is 0 Å². The van der Waals surface area contributed by atoms with Crippen LogP contribution in [0.15, 0.2) is 54.6 Å². The molecule has 150 valence electrons. The molecule has 1 unspecified atom stereocenters.